The zero-order chi connectivity index (χ0) is 18.7. The van der Waals surface area contributed by atoms with Crippen LogP contribution in [0.15, 0.2) is 53.4 Å². The van der Waals surface area contributed by atoms with E-state index in [4.69, 9.17) is 16.3 Å². The van der Waals surface area contributed by atoms with Crippen LogP contribution in [0.4, 0.5) is 4.79 Å². The lowest BCUT2D eigenvalue weighted by Gasteiger charge is -2.11. The van der Waals surface area contributed by atoms with E-state index in [-0.39, 0.29) is 17.2 Å². The molecule has 0 radical (unpaired) electrons. The highest BCUT2D eigenvalue weighted by Crippen LogP contribution is 2.34. The van der Waals surface area contributed by atoms with E-state index in [1.165, 1.54) is 7.11 Å². The molecule has 0 saturated carbocycles. The zero-order valence-corrected chi connectivity index (χ0v) is 15.3. The monoisotopic (exact) mass is 387 g/mol. The number of halogens is 1. The molecule has 1 aliphatic heterocycles. The summed E-state index contributed by atoms with van der Waals surface area (Å²) < 4.78 is 5.25. The SMILES string of the molecule is COc1ccccc1C=C1SC(=O)N(CC(=O)c2ccc(Cl)cc2)C1=O. The number of para-hydroxylation sites is 1. The average molecular weight is 388 g/mol. The van der Waals surface area contributed by atoms with Crippen LogP contribution in [0.5, 0.6) is 5.75 Å². The van der Waals surface area contributed by atoms with Crippen molar-refractivity contribution in [1.29, 1.82) is 0 Å². The number of thioether (sulfide) groups is 1. The van der Waals surface area contributed by atoms with Crippen LogP contribution < -0.4 is 4.74 Å². The number of nitrogens with zero attached hydrogens (tertiary/aromatic N) is 1. The number of amides is 2. The number of ether oxygens (including phenoxy) is 1. The minimum Gasteiger partial charge on any atom is -0.496 e. The predicted octanol–water partition coefficient (Wildman–Crippen LogP) is 4.27. The number of ketones is 1. The van der Waals surface area contributed by atoms with E-state index in [9.17, 15) is 14.4 Å². The number of methoxy groups -OCH3 is 1. The standard InChI is InChI=1S/C19H14ClNO4S/c1-25-16-5-3-2-4-13(16)10-17-18(23)21(19(24)26-17)11-15(22)12-6-8-14(20)9-7-12/h2-10H,11H2,1H3. The molecule has 0 bridgehead atoms. The number of imide groups is 1. The van der Waals surface area contributed by atoms with Crippen LogP contribution >= 0.6 is 23.4 Å². The number of hydrogen-bond acceptors (Lipinski definition) is 5. The maximum Gasteiger partial charge on any atom is 0.293 e. The van der Waals surface area contributed by atoms with E-state index in [1.807, 2.05) is 12.1 Å². The summed E-state index contributed by atoms with van der Waals surface area (Å²) in [6.45, 7) is -0.310. The van der Waals surface area contributed by atoms with Gasteiger partial charge in [-0.05, 0) is 48.2 Å². The number of carbonyl (C=O) groups excluding carboxylic acids is 3. The second-order valence-corrected chi connectivity index (χ2v) is 6.87. The molecule has 0 aliphatic carbocycles. The third-order valence-electron chi connectivity index (χ3n) is 3.77. The molecule has 1 fully saturated rings. The Bertz CT molecular complexity index is 908. The lowest BCUT2D eigenvalue weighted by atomic mass is 10.1. The van der Waals surface area contributed by atoms with Crippen LogP contribution in [-0.2, 0) is 4.79 Å². The second-order valence-electron chi connectivity index (χ2n) is 5.44. The molecule has 3 rings (SSSR count). The molecule has 26 heavy (non-hydrogen) atoms. The molecule has 0 N–H and O–H groups in total. The highest BCUT2D eigenvalue weighted by Gasteiger charge is 2.36. The highest BCUT2D eigenvalue weighted by molar-refractivity contribution is 8.18. The largest absolute Gasteiger partial charge is 0.496 e. The summed E-state index contributed by atoms with van der Waals surface area (Å²) in [5.41, 5.74) is 1.08. The second kappa shape index (κ2) is 7.76. The molecule has 1 heterocycles. The molecule has 7 heteroatoms. The maximum atomic E-state index is 12.5. The minimum absolute atomic E-state index is 0.253. The normalized spacial score (nSPS) is 15.6. The van der Waals surface area contributed by atoms with Crippen LogP contribution in [0.25, 0.3) is 6.08 Å². The van der Waals surface area contributed by atoms with Crippen LogP contribution in [0, 0.1) is 0 Å². The summed E-state index contributed by atoms with van der Waals surface area (Å²) in [7, 11) is 1.53. The Morgan fingerprint density at radius 1 is 1.15 bits per heavy atom. The van der Waals surface area contributed by atoms with Gasteiger partial charge in [0.1, 0.15) is 5.75 Å². The van der Waals surface area contributed by atoms with Crippen LogP contribution in [-0.4, -0.2) is 35.5 Å². The molecule has 0 aromatic heterocycles. The van der Waals surface area contributed by atoms with Gasteiger partial charge in [-0.2, -0.15) is 0 Å². The lowest BCUT2D eigenvalue weighted by Crippen LogP contribution is -2.33. The Hall–Kier alpha value is -2.57. The molecule has 0 unspecified atom stereocenters. The number of rotatable bonds is 5. The van der Waals surface area contributed by atoms with Gasteiger partial charge in [0.15, 0.2) is 5.78 Å². The van der Waals surface area contributed by atoms with Gasteiger partial charge in [0.05, 0.1) is 18.6 Å². The molecule has 0 atom stereocenters. The van der Waals surface area contributed by atoms with Gasteiger partial charge < -0.3 is 4.74 Å². The summed E-state index contributed by atoms with van der Waals surface area (Å²) in [5.74, 6) is -0.229. The third kappa shape index (κ3) is 3.81. The van der Waals surface area contributed by atoms with Gasteiger partial charge >= 0.3 is 0 Å². The van der Waals surface area contributed by atoms with Gasteiger partial charge in [0, 0.05) is 16.1 Å². The summed E-state index contributed by atoms with van der Waals surface area (Å²) in [4.78, 5) is 38.3. The molecule has 2 aromatic carbocycles. The first-order chi connectivity index (χ1) is 12.5. The molecule has 132 valence electrons. The van der Waals surface area contributed by atoms with Crippen molar-refractivity contribution in [2.45, 2.75) is 0 Å². The predicted molar refractivity (Wildman–Crippen MR) is 101 cm³/mol. The van der Waals surface area contributed by atoms with E-state index >= 15 is 0 Å². The minimum atomic E-state index is -0.492. The Labute approximate surface area is 159 Å². The Morgan fingerprint density at radius 2 is 1.85 bits per heavy atom. The molecule has 1 aliphatic rings. The van der Waals surface area contributed by atoms with Crippen molar-refractivity contribution in [1.82, 2.24) is 4.90 Å². The molecule has 2 amide bonds. The third-order valence-corrected chi connectivity index (χ3v) is 4.93. The molecule has 1 saturated heterocycles. The van der Waals surface area contributed by atoms with Gasteiger partial charge in [0.25, 0.3) is 11.1 Å². The van der Waals surface area contributed by atoms with Crippen molar-refractivity contribution >= 4 is 46.4 Å². The van der Waals surface area contributed by atoms with Gasteiger partial charge in [0.2, 0.25) is 0 Å². The quantitative estimate of drug-likeness (QED) is 0.566. The van der Waals surface area contributed by atoms with Crippen LogP contribution in [0.1, 0.15) is 15.9 Å². The Balaban J connectivity index is 1.79. The number of benzene rings is 2. The summed E-state index contributed by atoms with van der Waals surface area (Å²) in [5, 5.41) is 0.0333. The lowest BCUT2D eigenvalue weighted by molar-refractivity contribution is -0.122. The highest BCUT2D eigenvalue weighted by atomic mass is 35.5. The number of hydrogen-bond donors (Lipinski definition) is 0. The average Bonchev–Trinajstić information content (AvgIpc) is 2.90. The molecule has 0 spiro atoms. The first-order valence-electron chi connectivity index (χ1n) is 7.67. The fourth-order valence-electron chi connectivity index (χ4n) is 2.43. The van der Waals surface area contributed by atoms with Gasteiger partial charge in [-0.15, -0.1) is 0 Å². The first kappa shape index (κ1) is 18.2. The van der Waals surface area contributed by atoms with Gasteiger partial charge in [-0.1, -0.05) is 29.8 Å². The van der Waals surface area contributed by atoms with E-state index < -0.39 is 11.1 Å². The Kier molecular flexibility index (Phi) is 5.44. The number of carbonyl (C=O) groups is 3. The van der Waals surface area contributed by atoms with Crippen molar-refractivity contribution in [3.8, 4) is 5.75 Å². The van der Waals surface area contributed by atoms with Crippen molar-refractivity contribution < 1.29 is 19.1 Å². The summed E-state index contributed by atoms with van der Waals surface area (Å²) in [6.07, 6.45) is 1.59. The molecular formula is C19H14ClNO4S. The Morgan fingerprint density at radius 3 is 2.54 bits per heavy atom. The summed E-state index contributed by atoms with van der Waals surface area (Å²) >= 11 is 6.61. The van der Waals surface area contributed by atoms with Crippen LogP contribution in [0.2, 0.25) is 5.02 Å². The van der Waals surface area contributed by atoms with E-state index in [0.29, 0.717) is 21.9 Å². The van der Waals surface area contributed by atoms with E-state index in [2.05, 4.69) is 0 Å². The molecule has 5 nitrogen and oxygen atoms in total. The topological polar surface area (TPSA) is 63.7 Å². The number of Topliss-reactive ketones (excluding diaryl/α,β-unsaturated/α-hetero) is 1. The molecule has 2 aromatic rings. The van der Waals surface area contributed by atoms with Crippen molar-refractivity contribution in [2.24, 2.45) is 0 Å². The van der Waals surface area contributed by atoms with Crippen molar-refractivity contribution in [3.63, 3.8) is 0 Å². The van der Waals surface area contributed by atoms with E-state index in [0.717, 1.165) is 16.7 Å². The van der Waals surface area contributed by atoms with Gasteiger partial charge in [-0.25, -0.2) is 0 Å². The molecular weight excluding hydrogens is 374 g/mol. The fourth-order valence-corrected chi connectivity index (χ4v) is 3.39. The van der Waals surface area contributed by atoms with Gasteiger partial charge in [-0.3, -0.25) is 19.3 Å². The smallest absolute Gasteiger partial charge is 0.293 e. The zero-order valence-electron chi connectivity index (χ0n) is 13.8. The van der Waals surface area contributed by atoms with Crippen molar-refractivity contribution in [3.05, 3.63) is 69.6 Å². The maximum absolute atomic E-state index is 12.5. The van der Waals surface area contributed by atoms with Crippen LogP contribution in [0.3, 0.4) is 0 Å². The fraction of sp³-hybridized carbons (Fsp3) is 0.105. The summed E-state index contributed by atoms with van der Waals surface area (Å²) in [6, 6.07) is 13.5. The first-order valence-corrected chi connectivity index (χ1v) is 8.86. The van der Waals surface area contributed by atoms with Crippen molar-refractivity contribution in [2.75, 3.05) is 13.7 Å². The van der Waals surface area contributed by atoms with E-state index in [1.54, 1.807) is 42.5 Å².